The summed E-state index contributed by atoms with van der Waals surface area (Å²) in [4.78, 5) is 60.7. The molecule has 11 nitrogen and oxygen atoms in total. The Morgan fingerprint density at radius 2 is 1.24 bits per heavy atom. The highest BCUT2D eigenvalue weighted by atomic mass is 32.2. The van der Waals surface area contributed by atoms with Crippen molar-refractivity contribution in [2.75, 3.05) is 12.0 Å². The SMILES string of the molecule is CSCCC(NC(=O)C(CC(C)C)NC(=O)C(CC(C)C)NC(=O)C(N)CC(N)=O)C(=O)O. The van der Waals surface area contributed by atoms with Crippen molar-refractivity contribution in [3.63, 3.8) is 0 Å². The number of carbonyl (C=O) groups is 5. The summed E-state index contributed by atoms with van der Waals surface area (Å²) < 4.78 is 0. The Balaban J connectivity index is 5.47. The van der Waals surface area contributed by atoms with E-state index in [1.165, 1.54) is 11.8 Å². The highest BCUT2D eigenvalue weighted by Crippen LogP contribution is 2.10. The molecule has 0 bridgehead atoms. The van der Waals surface area contributed by atoms with Gasteiger partial charge in [0.1, 0.15) is 18.1 Å². The summed E-state index contributed by atoms with van der Waals surface area (Å²) in [6.45, 7) is 7.45. The summed E-state index contributed by atoms with van der Waals surface area (Å²) in [5.41, 5.74) is 10.7. The molecule has 4 amide bonds. The minimum absolute atomic E-state index is 0.0220. The fourth-order valence-corrected chi connectivity index (χ4v) is 3.50. The Kier molecular flexibility index (Phi) is 14.4. The molecule has 0 aliphatic carbocycles. The number of nitrogens with two attached hydrogens (primary N) is 2. The summed E-state index contributed by atoms with van der Waals surface area (Å²) in [6.07, 6.45) is 2.25. The minimum atomic E-state index is -1.20. The Bertz CT molecular complexity index is 688. The number of thioether (sulfide) groups is 1. The maximum absolute atomic E-state index is 13.0. The van der Waals surface area contributed by atoms with Gasteiger partial charge in [-0.3, -0.25) is 19.2 Å². The van der Waals surface area contributed by atoms with Crippen molar-refractivity contribution in [3.8, 4) is 0 Å². The molecule has 190 valence electrons. The molecule has 8 N–H and O–H groups in total. The van der Waals surface area contributed by atoms with E-state index in [0.29, 0.717) is 5.75 Å². The fraction of sp³-hybridized carbons (Fsp3) is 0.762. The van der Waals surface area contributed by atoms with Gasteiger partial charge >= 0.3 is 5.97 Å². The van der Waals surface area contributed by atoms with Crippen LogP contribution in [0.3, 0.4) is 0 Å². The number of hydrogen-bond donors (Lipinski definition) is 6. The first-order valence-corrected chi connectivity index (χ1v) is 12.3. The zero-order valence-electron chi connectivity index (χ0n) is 20.1. The van der Waals surface area contributed by atoms with Crippen LogP contribution in [0.25, 0.3) is 0 Å². The van der Waals surface area contributed by atoms with Crippen molar-refractivity contribution in [1.29, 1.82) is 0 Å². The van der Waals surface area contributed by atoms with Crippen molar-refractivity contribution in [2.45, 2.75) is 77.5 Å². The van der Waals surface area contributed by atoms with Crippen LogP contribution in [0.15, 0.2) is 0 Å². The van der Waals surface area contributed by atoms with Crippen LogP contribution in [-0.2, 0) is 24.0 Å². The van der Waals surface area contributed by atoms with Crippen LogP contribution in [0.4, 0.5) is 0 Å². The highest BCUT2D eigenvalue weighted by Gasteiger charge is 2.31. The molecule has 0 aliphatic heterocycles. The van der Waals surface area contributed by atoms with Gasteiger partial charge in [0, 0.05) is 0 Å². The van der Waals surface area contributed by atoms with E-state index in [4.69, 9.17) is 11.5 Å². The first-order chi connectivity index (χ1) is 15.3. The van der Waals surface area contributed by atoms with E-state index in [1.807, 2.05) is 34.0 Å². The van der Waals surface area contributed by atoms with Gasteiger partial charge in [0.25, 0.3) is 0 Å². The first-order valence-electron chi connectivity index (χ1n) is 10.9. The lowest BCUT2D eigenvalue weighted by atomic mass is 9.99. The summed E-state index contributed by atoms with van der Waals surface area (Å²) in [5, 5.41) is 17.1. The van der Waals surface area contributed by atoms with Crippen LogP contribution in [0.2, 0.25) is 0 Å². The topological polar surface area (TPSA) is 194 Å². The quantitative estimate of drug-likeness (QED) is 0.168. The molecule has 0 radical (unpaired) electrons. The molecule has 12 heteroatoms. The number of amides is 4. The van der Waals surface area contributed by atoms with Crippen molar-refractivity contribution in [3.05, 3.63) is 0 Å². The van der Waals surface area contributed by atoms with E-state index in [-0.39, 0.29) is 37.5 Å². The summed E-state index contributed by atoms with van der Waals surface area (Å²) >= 11 is 1.46. The number of carboxylic acid groups (broad SMARTS) is 1. The van der Waals surface area contributed by atoms with Crippen LogP contribution in [-0.4, -0.2) is 70.9 Å². The summed E-state index contributed by atoms with van der Waals surface area (Å²) in [5.74, 6) is -3.21. The number of rotatable bonds is 16. The first kappa shape index (κ1) is 30.7. The minimum Gasteiger partial charge on any atom is -0.480 e. The fourth-order valence-electron chi connectivity index (χ4n) is 3.03. The lowest BCUT2D eigenvalue weighted by molar-refractivity contribution is -0.142. The van der Waals surface area contributed by atoms with Gasteiger partial charge in [0.05, 0.1) is 12.5 Å². The van der Waals surface area contributed by atoms with E-state index < -0.39 is 53.8 Å². The second-order valence-corrected chi connectivity index (χ2v) is 9.82. The molecule has 0 aromatic heterocycles. The maximum atomic E-state index is 13.0. The summed E-state index contributed by atoms with van der Waals surface area (Å²) in [7, 11) is 0. The molecular weight excluding hydrogens is 450 g/mol. The molecule has 0 aromatic carbocycles. The van der Waals surface area contributed by atoms with Crippen LogP contribution in [0, 0.1) is 11.8 Å². The normalized spacial score (nSPS) is 14.8. The number of primary amides is 1. The summed E-state index contributed by atoms with van der Waals surface area (Å²) in [6, 6.07) is -4.26. The zero-order valence-corrected chi connectivity index (χ0v) is 20.9. The third-order valence-electron chi connectivity index (χ3n) is 4.66. The molecule has 0 fully saturated rings. The third kappa shape index (κ3) is 13.1. The van der Waals surface area contributed by atoms with Crippen molar-refractivity contribution < 1.29 is 29.1 Å². The molecule has 4 atom stereocenters. The Labute approximate surface area is 199 Å². The van der Waals surface area contributed by atoms with E-state index >= 15 is 0 Å². The van der Waals surface area contributed by atoms with E-state index in [9.17, 15) is 29.1 Å². The zero-order chi connectivity index (χ0) is 25.7. The van der Waals surface area contributed by atoms with E-state index in [2.05, 4.69) is 16.0 Å². The average molecular weight is 490 g/mol. The van der Waals surface area contributed by atoms with Gasteiger partial charge < -0.3 is 32.5 Å². The number of carboxylic acids is 1. The number of nitrogens with one attached hydrogen (secondary N) is 3. The largest absolute Gasteiger partial charge is 0.480 e. The van der Waals surface area contributed by atoms with Gasteiger partial charge in [0.2, 0.25) is 23.6 Å². The standard InChI is InChI=1S/C21H39N5O6S/c1-11(2)8-15(25-18(28)13(22)10-17(23)27)20(30)26-16(9-12(3)4)19(29)24-14(21(31)32)6-7-33-5/h11-16H,6-10,22H2,1-5H3,(H2,23,27)(H,24,29)(H,25,28)(H,26,30)(H,31,32). The molecule has 0 rings (SSSR count). The predicted octanol–water partition coefficient (Wildman–Crippen LogP) is -0.427. The van der Waals surface area contributed by atoms with Crippen LogP contribution in [0.5, 0.6) is 0 Å². The molecule has 0 saturated carbocycles. The number of aliphatic carboxylic acids is 1. The van der Waals surface area contributed by atoms with Gasteiger partial charge in [-0.2, -0.15) is 11.8 Å². The molecule has 0 spiro atoms. The van der Waals surface area contributed by atoms with E-state index in [0.717, 1.165) is 0 Å². The average Bonchev–Trinajstić information content (AvgIpc) is 2.68. The monoisotopic (exact) mass is 489 g/mol. The predicted molar refractivity (Wildman–Crippen MR) is 127 cm³/mol. The molecule has 33 heavy (non-hydrogen) atoms. The molecule has 0 aromatic rings. The van der Waals surface area contributed by atoms with Crippen LogP contribution >= 0.6 is 11.8 Å². The molecular formula is C21H39N5O6S. The van der Waals surface area contributed by atoms with Gasteiger partial charge in [-0.15, -0.1) is 0 Å². The lowest BCUT2D eigenvalue weighted by Gasteiger charge is -2.26. The van der Waals surface area contributed by atoms with Crippen molar-refractivity contribution >= 4 is 41.4 Å². The smallest absolute Gasteiger partial charge is 0.326 e. The Hall–Kier alpha value is -2.34. The van der Waals surface area contributed by atoms with Crippen molar-refractivity contribution in [1.82, 2.24) is 16.0 Å². The Morgan fingerprint density at radius 3 is 1.61 bits per heavy atom. The molecule has 0 heterocycles. The number of hydrogen-bond acceptors (Lipinski definition) is 7. The highest BCUT2D eigenvalue weighted by molar-refractivity contribution is 7.98. The molecule has 0 aliphatic rings. The van der Waals surface area contributed by atoms with Crippen molar-refractivity contribution in [2.24, 2.45) is 23.3 Å². The van der Waals surface area contributed by atoms with Crippen LogP contribution < -0.4 is 27.4 Å². The maximum Gasteiger partial charge on any atom is 0.326 e. The third-order valence-corrected chi connectivity index (χ3v) is 5.31. The van der Waals surface area contributed by atoms with Gasteiger partial charge in [-0.05, 0) is 43.1 Å². The molecule has 4 unspecified atom stereocenters. The van der Waals surface area contributed by atoms with Gasteiger partial charge in [-0.1, -0.05) is 27.7 Å². The van der Waals surface area contributed by atoms with E-state index in [1.54, 1.807) is 0 Å². The van der Waals surface area contributed by atoms with Crippen LogP contribution in [0.1, 0.15) is 53.4 Å². The van der Waals surface area contributed by atoms with Gasteiger partial charge in [0.15, 0.2) is 0 Å². The lowest BCUT2D eigenvalue weighted by Crippen LogP contribution is -2.57. The van der Waals surface area contributed by atoms with Gasteiger partial charge in [-0.25, -0.2) is 4.79 Å². The second-order valence-electron chi connectivity index (χ2n) is 8.84. The molecule has 0 saturated heterocycles. The Morgan fingerprint density at radius 1 is 0.818 bits per heavy atom. The second kappa shape index (κ2) is 15.5. The number of carbonyl (C=O) groups excluding carboxylic acids is 4.